The summed E-state index contributed by atoms with van der Waals surface area (Å²) in [6.07, 6.45) is 5.09. The summed E-state index contributed by atoms with van der Waals surface area (Å²) >= 11 is 1.85. The molecule has 1 aliphatic rings. The second-order valence-electron chi connectivity index (χ2n) is 17.5. The minimum atomic E-state index is 0.719. The summed E-state index contributed by atoms with van der Waals surface area (Å²) < 4.78 is 6.07. The van der Waals surface area contributed by atoms with Gasteiger partial charge in [0, 0.05) is 48.1 Å². The molecule has 0 saturated heterocycles. The first-order chi connectivity index (χ1) is 32.2. The Labute approximate surface area is 381 Å². The Morgan fingerprint density at radius 2 is 1.14 bits per heavy atom. The van der Waals surface area contributed by atoms with E-state index >= 15 is 0 Å². The summed E-state index contributed by atoms with van der Waals surface area (Å²) in [5, 5.41) is 6.09. The summed E-state index contributed by atoms with van der Waals surface area (Å²) in [4.78, 5) is 12.3. The molecule has 8 aromatic carbocycles. The summed E-state index contributed by atoms with van der Waals surface area (Å²) in [5.41, 5.74) is 18.3. The van der Waals surface area contributed by atoms with Crippen molar-refractivity contribution in [3.05, 3.63) is 205 Å². The molecule has 310 valence electrons. The molecule has 1 aliphatic carbocycles. The van der Waals surface area contributed by atoms with Crippen LogP contribution >= 0.6 is 11.3 Å². The Morgan fingerprint density at radius 3 is 1.85 bits per heavy atom. The van der Waals surface area contributed by atoms with E-state index in [1.165, 1.54) is 97.9 Å². The molecule has 0 atom stereocenters. The average molecular weight is 853 g/mol. The quantitative estimate of drug-likeness (QED) is 0.153. The van der Waals surface area contributed by atoms with Crippen molar-refractivity contribution in [1.29, 1.82) is 0 Å². The lowest BCUT2D eigenvalue weighted by atomic mass is 9.87. The van der Waals surface area contributed by atoms with Gasteiger partial charge in [-0.2, -0.15) is 0 Å². The van der Waals surface area contributed by atoms with Gasteiger partial charge in [0.15, 0.2) is 0 Å². The van der Waals surface area contributed by atoms with Gasteiger partial charge in [0.25, 0.3) is 0 Å². The normalized spacial score (nSPS) is 12.4. The van der Waals surface area contributed by atoms with Gasteiger partial charge in [-0.25, -0.2) is 9.97 Å². The topological polar surface area (TPSA) is 35.6 Å². The monoisotopic (exact) mass is 852 g/mol. The van der Waals surface area contributed by atoms with Crippen LogP contribution in [0.2, 0.25) is 0 Å². The SMILES string of the molecule is CCCCc1nc(-n2c3ccc(-c4ccccc4)cc3c3cc(-c4ccc5c(c4)c4c(n5-c5ccccc5)CCc5ccccc5-4)ccc32)nc2ccc3cc(-c4ccccc4)sc3c12. The van der Waals surface area contributed by atoms with Crippen molar-refractivity contribution >= 4 is 65.0 Å². The highest BCUT2D eigenvalue weighted by Gasteiger charge is 2.26. The zero-order chi connectivity index (χ0) is 43.0. The highest BCUT2D eigenvalue weighted by molar-refractivity contribution is 7.23. The van der Waals surface area contributed by atoms with Crippen molar-refractivity contribution in [3.63, 3.8) is 0 Å². The van der Waals surface area contributed by atoms with Crippen LogP contribution in [0.15, 0.2) is 188 Å². The van der Waals surface area contributed by atoms with E-state index in [4.69, 9.17) is 9.97 Å². The molecule has 13 rings (SSSR count). The lowest BCUT2D eigenvalue weighted by molar-refractivity contribution is 0.776. The smallest absolute Gasteiger partial charge is 0.235 e. The summed E-state index contributed by atoms with van der Waals surface area (Å²) in [6, 6.07) is 69.0. The van der Waals surface area contributed by atoms with Gasteiger partial charge in [-0.15, -0.1) is 11.3 Å². The van der Waals surface area contributed by atoms with Crippen molar-refractivity contribution in [3.8, 4) is 55.5 Å². The number of thiophene rings is 1. The molecule has 0 radical (unpaired) electrons. The number of hydrogen-bond donors (Lipinski definition) is 0. The summed E-state index contributed by atoms with van der Waals surface area (Å²) in [7, 11) is 0. The van der Waals surface area contributed by atoms with E-state index in [0.29, 0.717) is 0 Å². The molecule has 5 heteroatoms. The first-order valence-corrected chi connectivity index (χ1v) is 23.7. The summed E-state index contributed by atoms with van der Waals surface area (Å²) in [6.45, 7) is 2.26. The van der Waals surface area contributed by atoms with E-state index in [1.807, 2.05) is 11.3 Å². The lowest BCUT2D eigenvalue weighted by Crippen LogP contribution is -2.07. The third-order valence-electron chi connectivity index (χ3n) is 13.6. The van der Waals surface area contributed by atoms with Crippen LogP contribution in [0.25, 0.3) is 109 Å². The third-order valence-corrected chi connectivity index (χ3v) is 14.9. The lowest BCUT2D eigenvalue weighted by Gasteiger charge is -2.19. The Bertz CT molecular complexity index is 3800. The van der Waals surface area contributed by atoms with Crippen LogP contribution in [-0.2, 0) is 19.3 Å². The van der Waals surface area contributed by atoms with E-state index in [0.717, 1.165) is 60.3 Å². The van der Waals surface area contributed by atoms with Gasteiger partial charge >= 0.3 is 0 Å². The third kappa shape index (κ3) is 6.18. The predicted molar refractivity (Wildman–Crippen MR) is 274 cm³/mol. The van der Waals surface area contributed by atoms with E-state index in [2.05, 4.69) is 204 Å². The van der Waals surface area contributed by atoms with E-state index in [1.54, 1.807) is 0 Å². The van der Waals surface area contributed by atoms with Gasteiger partial charge in [-0.05, 0) is 131 Å². The van der Waals surface area contributed by atoms with Crippen LogP contribution in [0.4, 0.5) is 0 Å². The average Bonchev–Trinajstić information content (AvgIpc) is 4.06. The van der Waals surface area contributed by atoms with Gasteiger partial charge in [0.2, 0.25) is 5.95 Å². The fourth-order valence-corrected chi connectivity index (χ4v) is 11.8. The molecule has 12 aromatic rings. The number of rotatable bonds is 8. The maximum absolute atomic E-state index is 5.55. The van der Waals surface area contributed by atoms with Crippen molar-refractivity contribution in [2.24, 2.45) is 0 Å². The van der Waals surface area contributed by atoms with Gasteiger partial charge in [0.1, 0.15) is 0 Å². The molecule has 65 heavy (non-hydrogen) atoms. The molecule has 4 heterocycles. The minimum absolute atomic E-state index is 0.719. The fourth-order valence-electron chi connectivity index (χ4n) is 10.5. The van der Waals surface area contributed by atoms with Gasteiger partial charge < -0.3 is 4.57 Å². The Morgan fingerprint density at radius 1 is 0.523 bits per heavy atom. The maximum Gasteiger partial charge on any atom is 0.235 e. The second kappa shape index (κ2) is 15.3. The number of hydrogen-bond acceptors (Lipinski definition) is 3. The Hall–Kier alpha value is -7.60. The highest BCUT2D eigenvalue weighted by atomic mass is 32.1. The number of aryl methyl sites for hydroxylation is 2. The molecular weight excluding hydrogens is 809 g/mol. The van der Waals surface area contributed by atoms with Gasteiger partial charge in [-0.1, -0.05) is 141 Å². The molecule has 0 aliphatic heterocycles. The number of fused-ring (bicyclic) bond motifs is 11. The van der Waals surface area contributed by atoms with E-state index in [-0.39, 0.29) is 0 Å². The van der Waals surface area contributed by atoms with Crippen LogP contribution in [0.3, 0.4) is 0 Å². The Balaban J connectivity index is 1.02. The maximum atomic E-state index is 5.55. The molecule has 0 fully saturated rings. The van der Waals surface area contributed by atoms with Crippen LogP contribution in [0, 0.1) is 0 Å². The molecular formula is C60H44N4S. The summed E-state index contributed by atoms with van der Waals surface area (Å²) in [5.74, 6) is 0.719. The van der Waals surface area contributed by atoms with Crippen LogP contribution in [0.5, 0.6) is 0 Å². The second-order valence-corrected chi connectivity index (χ2v) is 18.5. The molecule has 0 unspecified atom stereocenters. The van der Waals surface area contributed by atoms with Crippen molar-refractivity contribution in [2.45, 2.75) is 39.0 Å². The first kappa shape index (κ1) is 37.9. The molecule has 0 N–H and O–H groups in total. The van der Waals surface area contributed by atoms with E-state index in [9.17, 15) is 0 Å². The van der Waals surface area contributed by atoms with Crippen molar-refractivity contribution < 1.29 is 0 Å². The largest absolute Gasteiger partial charge is 0.313 e. The zero-order valence-corrected chi connectivity index (χ0v) is 36.9. The van der Waals surface area contributed by atoms with Gasteiger partial charge in [-0.3, -0.25) is 4.57 Å². The number of aromatic nitrogens is 4. The number of unbranched alkanes of at least 4 members (excludes halogenated alkanes) is 1. The zero-order valence-electron chi connectivity index (χ0n) is 36.1. The number of nitrogens with zero attached hydrogens (tertiary/aromatic N) is 4. The molecule has 4 nitrogen and oxygen atoms in total. The van der Waals surface area contributed by atoms with Gasteiger partial charge in [0.05, 0.1) is 27.8 Å². The molecule has 4 aromatic heterocycles. The minimum Gasteiger partial charge on any atom is -0.313 e. The van der Waals surface area contributed by atoms with Crippen LogP contribution in [-0.4, -0.2) is 19.1 Å². The van der Waals surface area contributed by atoms with E-state index < -0.39 is 0 Å². The van der Waals surface area contributed by atoms with Crippen molar-refractivity contribution in [2.75, 3.05) is 0 Å². The molecule has 0 saturated carbocycles. The standard InChI is InChI=1S/C60H44N4S/c1-2-3-23-50-58-51(29-24-44-37-56(65-59(44)58)40-18-9-5-10-19-40)62-60(61-50)64-52-30-26-41(38-15-7-4-8-16-38)34-47(52)48-35-42(27-31-53(48)64)43-28-32-54-49(36-43)57-46-22-14-13-17-39(46)25-33-55(57)63(54)45-20-11-6-12-21-45/h4-22,24,26-32,34-37H,2-3,23,25,33H2,1H3. The molecule has 0 spiro atoms. The predicted octanol–water partition coefficient (Wildman–Crippen LogP) is 16.0. The van der Waals surface area contributed by atoms with Crippen molar-refractivity contribution in [1.82, 2.24) is 19.1 Å². The Kier molecular flexibility index (Phi) is 8.92. The molecule has 0 amide bonds. The highest BCUT2D eigenvalue weighted by Crippen LogP contribution is 2.45. The van der Waals surface area contributed by atoms with Crippen LogP contribution < -0.4 is 0 Å². The number of benzene rings is 8. The molecule has 0 bridgehead atoms. The first-order valence-electron chi connectivity index (χ1n) is 22.9. The number of para-hydroxylation sites is 1. The fraction of sp³-hybridized carbons (Fsp3) is 0.100. The van der Waals surface area contributed by atoms with Crippen LogP contribution in [0.1, 0.15) is 36.7 Å².